The molecule has 0 aliphatic rings. The maximum absolute atomic E-state index is 11.1. The van der Waals surface area contributed by atoms with Gasteiger partial charge in [0.1, 0.15) is 11.1 Å². The lowest BCUT2D eigenvalue weighted by Crippen LogP contribution is -2.10. The summed E-state index contributed by atoms with van der Waals surface area (Å²) in [6, 6.07) is 3.59. The van der Waals surface area contributed by atoms with Crippen LogP contribution in [-0.4, -0.2) is 32.0 Å². The van der Waals surface area contributed by atoms with E-state index in [4.69, 9.17) is 10.2 Å². The van der Waals surface area contributed by atoms with E-state index in [-0.39, 0.29) is 0 Å². The summed E-state index contributed by atoms with van der Waals surface area (Å²) in [5, 5.41) is 41.1. The number of carbonyl (C=O) groups is 2. The van der Waals surface area contributed by atoms with Crippen molar-refractivity contribution in [1.29, 1.82) is 0 Å². The molecule has 0 fully saturated rings. The standard InChI is InChI=1S/C15H12N2O8S2/c1-2-10(14(18)19)12(16(22)23)4-3-7-26-27-9-5-6-13(17(24)25)11(8-9)15(20)21/h2-8H,1H3,(H,18,19)(H,20,21)/b7-3+,10-2+,12-4+. The number of aliphatic carboxylic acids is 1. The van der Waals surface area contributed by atoms with E-state index in [0.717, 1.165) is 45.9 Å². The van der Waals surface area contributed by atoms with Crippen molar-refractivity contribution >= 4 is 39.2 Å². The molecule has 142 valence electrons. The Bertz CT molecular complexity index is 877. The molecule has 1 aromatic rings. The van der Waals surface area contributed by atoms with E-state index in [1.54, 1.807) is 0 Å². The molecule has 0 amide bonds. The Labute approximate surface area is 160 Å². The van der Waals surface area contributed by atoms with Crippen LogP contribution in [0.4, 0.5) is 5.69 Å². The average Bonchev–Trinajstić information content (AvgIpc) is 2.59. The second-order valence-electron chi connectivity index (χ2n) is 4.57. The summed E-state index contributed by atoms with van der Waals surface area (Å²) >= 11 is 0. The minimum Gasteiger partial charge on any atom is -0.477 e. The highest BCUT2D eigenvalue weighted by molar-refractivity contribution is 8.77. The fraction of sp³-hybridized carbons (Fsp3) is 0.0667. The summed E-state index contributed by atoms with van der Waals surface area (Å²) in [5.74, 6) is -2.86. The minimum atomic E-state index is -1.43. The topological polar surface area (TPSA) is 161 Å². The molecule has 12 heteroatoms. The van der Waals surface area contributed by atoms with Gasteiger partial charge in [-0.25, -0.2) is 9.59 Å². The van der Waals surface area contributed by atoms with E-state index in [0.29, 0.717) is 4.90 Å². The molecule has 0 spiro atoms. The van der Waals surface area contributed by atoms with Crippen molar-refractivity contribution in [2.24, 2.45) is 0 Å². The Morgan fingerprint density at radius 3 is 2.33 bits per heavy atom. The first-order valence-corrected chi connectivity index (χ1v) is 9.16. The van der Waals surface area contributed by atoms with Crippen LogP contribution in [0, 0.1) is 20.2 Å². The predicted octanol–water partition coefficient (Wildman–Crippen LogP) is 3.74. The third-order valence-electron chi connectivity index (χ3n) is 2.92. The molecule has 0 bridgehead atoms. The molecule has 1 aromatic carbocycles. The Balaban J connectivity index is 2.89. The van der Waals surface area contributed by atoms with E-state index >= 15 is 0 Å². The maximum atomic E-state index is 11.1. The van der Waals surface area contributed by atoms with Crippen molar-refractivity contribution in [2.45, 2.75) is 11.8 Å². The largest absolute Gasteiger partial charge is 0.477 e. The predicted molar refractivity (Wildman–Crippen MR) is 99.1 cm³/mol. The molecule has 0 aromatic heterocycles. The molecule has 27 heavy (non-hydrogen) atoms. The summed E-state index contributed by atoms with van der Waals surface area (Å²) in [7, 11) is 2.13. The highest BCUT2D eigenvalue weighted by Crippen LogP contribution is 2.34. The summed E-state index contributed by atoms with van der Waals surface area (Å²) in [4.78, 5) is 42.6. The number of hydrogen-bond acceptors (Lipinski definition) is 8. The molecule has 0 radical (unpaired) electrons. The molecular weight excluding hydrogens is 400 g/mol. The number of rotatable bonds is 9. The van der Waals surface area contributed by atoms with Crippen LogP contribution in [0.1, 0.15) is 17.3 Å². The van der Waals surface area contributed by atoms with Crippen molar-refractivity contribution < 1.29 is 29.6 Å². The van der Waals surface area contributed by atoms with Gasteiger partial charge >= 0.3 is 11.9 Å². The molecule has 0 aliphatic carbocycles. The normalized spacial score (nSPS) is 12.2. The lowest BCUT2D eigenvalue weighted by Gasteiger charge is -2.01. The number of nitro benzene ring substituents is 1. The summed E-state index contributed by atoms with van der Waals surface area (Å²) in [5.41, 5.74) is -2.03. The highest BCUT2D eigenvalue weighted by atomic mass is 33.1. The monoisotopic (exact) mass is 412 g/mol. The Morgan fingerprint density at radius 2 is 1.85 bits per heavy atom. The highest BCUT2D eigenvalue weighted by Gasteiger charge is 2.22. The minimum absolute atomic E-state index is 0.422. The first-order chi connectivity index (χ1) is 12.7. The van der Waals surface area contributed by atoms with Crippen LogP contribution in [0.25, 0.3) is 0 Å². The number of nitrogens with zero attached hydrogens (tertiary/aromatic N) is 2. The van der Waals surface area contributed by atoms with Crippen molar-refractivity contribution in [2.75, 3.05) is 0 Å². The molecule has 0 aliphatic heterocycles. The zero-order chi connectivity index (χ0) is 20.6. The van der Waals surface area contributed by atoms with Crippen LogP contribution in [-0.2, 0) is 4.79 Å². The van der Waals surface area contributed by atoms with Crippen LogP contribution in [0.3, 0.4) is 0 Å². The third-order valence-corrected chi connectivity index (χ3v) is 4.93. The summed E-state index contributed by atoms with van der Waals surface area (Å²) in [6.07, 6.45) is 3.40. The smallest absolute Gasteiger partial charge is 0.342 e. The Kier molecular flexibility index (Phi) is 8.23. The van der Waals surface area contributed by atoms with E-state index in [2.05, 4.69) is 0 Å². The fourth-order valence-corrected chi connectivity index (χ4v) is 3.38. The van der Waals surface area contributed by atoms with Gasteiger partial charge in [-0.2, -0.15) is 0 Å². The van der Waals surface area contributed by atoms with E-state index in [9.17, 15) is 29.8 Å². The fourth-order valence-electron chi connectivity index (χ4n) is 1.77. The van der Waals surface area contributed by atoms with Crippen LogP contribution in [0.5, 0.6) is 0 Å². The van der Waals surface area contributed by atoms with Crippen LogP contribution in [0.15, 0.2) is 58.0 Å². The lowest BCUT2D eigenvalue weighted by molar-refractivity contribution is -0.420. The number of nitro groups is 2. The molecule has 10 nitrogen and oxygen atoms in total. The first kappa shape index (κ1) is 21.9. The van der Waals surface area contributed by atoms with Crippen molar-refractivity contribution in [3.05, 3.63) is 78.9 Å². The molecule has 0 saturated heterocycles. The van der Waals surface area contributed by atoms with Crippen LogP contribution < -0.4 is 0 Å². The van der Waals surface area contributed by atoms with Gasteiger partial charge in [0, 0.05) is 17.0 Å². The van der Waals surface area contributed by atoms with Gasteiger partial charge in [0.15, 0.2) is 0 Å². The number of benzene rings is 1. The van der Waals surface area contributed by atoms with Gasteiger partial charge in [-0.05, 0) is 30.5 Å². The van der Waals surface area contributed by atoms with E-state index in [1.165, 1.54) is 24.5 Å². The zero-order valence-electron chi connectivity index (χ0n) is 13.6. The molecule has 0 unspecified atom stereocenters. The van der Waals surface area contributed by atoms with Gasteiger partial charge < -0.3 is 10.2 Å². The molecule has 2 N–H and O–H groups in total. The second kappa shape index (κ2) is 10.1. The lowest BCUT2D eigenvalue weighted by atomic mass is 10.2. The van der Waals surface area contributed by atoms with Crippen LogP contribution in [0.2, 0.25) is 0 Å². The van der Waals surface area contributed by atoms with Gasteiger partial charge in [-0.1, -0.05) is 27.7 Å². The third kappa shape index (κ3) is 6.27. The second-order valence-corrected chi connectivity index (χ2v) is 6.75. The molecular formula is C15H12N2O8S2. The van der Waals surface area contributed by atoms with Crippen molar-refractivity contribution in [1.82, 2.24) is 0 Å². The number of aromatic carboxylic acids is 1. The van der Waals surface area contributed by atoms with Gasteiger partial charge in [0.05, 0.1) is 9.85 Å². The quantitative estimate of drug-likeness (QED) is 0.201. The van der Waals surface area contributed by atoms with E-state index in [1.807, 2.05) is 0 Å². The van der Waals surface area contributed by atoms with Crippen molar-refractivity contribution in [3.8, 4) is 0 Å². The number of carboxylic acid groups (broad SMARTS) is 2. The Morgan fingerprint density at radius 1 is 1.19 bits per heavy atom. The molecule has 0 heterocycles. The van der Waals surface area contributed by atoms with Gasteiger partial charge in [0.25, 0.3) is 11.4 Å². The SMILES string of the molecule is C\C=C(C(=O)O)/C(=C\C=C\SSc1ccc([N+](=O)[O-])c(C(=O)O)c1)[N+](=O)[O-]. The van der Waals surface area contributed by atoms with Gasteiger partial charge in [-0.3, -0.25) is 20.2 Å². The van der Waals surface area contributed by atoms with Gasteiger partial charge in [-0.15, -0.1) is 0 Å². The molecule has 0 atom stereocenters. The number of hydrogen-bond donors (Lipinski definition) is 2. The zero-order valence-corrected chi connectivity index (χ0v) is 15.2. The summed E-state index contributed by atoms with van der Waals surface area (Å²) in [6.45, 7) is 1.36. The van der Waals surface area contributed by atoms with Gasteiger partial charge in [0.2, 0.25) is 0 Å². The molecule has 0 saturated carbocycles. The first-order valence-electron chi connectivity index (χ1n) is 6.95. The van der Waals surface area contributed by atoms with Crippen LogP contribution >= 0.6 is 21.6 Å². The maximum Gasteiger partial charge on any atom is 0.342 e. The molecule has 1 rings (SSSR count). The number of carboxylic acids is 2. The average molecular weight is 412 g/mol. The number of allylic oxidation sites excluding steroid dienone is 3. The summed E-state index contributed by atoms with van der Waals surface area (Å²) < 4.78 is 0. The van der Waals surface area contributed by atoms with Crippen molar-refractivity contribution in [3.63, 3.8) is 0 Å². The Hall–Kier alpha value is -3.12. The van der Waals surface area contributed by atoms with E-state index < -0.39 is 44.3 Å².